The highest BCUT2D eigenvalue weighted by molar-refractivity contribution is 5.80. The number of hydrogen-bond donors (Lipinski definition) is 1. The maximum atomic E-state index is 12.0. The highest BCUT2D eigenvalue weighted by atomic mass is 16.5. The highest BCUT2D eigenvalue weighted by Crippen LogP contribution is 2.19. The van der Waals surface area contributed by atoms with E-state index in [1.807, 2.05) is 33.2 Å². The standard InChI is InChI=1S/C22H36N4O3/c1-5-23-22(26-12-10-19(11-13-26)21(27)28-6-2)24-17-18-8-7-9-20(16-18)29-15-14-25(3)4/h7-9,16,19H,5-6,10-15,17H2,1-4H3,(H,23,24). The Kier molecular flexibility index (Phi) is 9.77. The largest absolute Gasteiger partial charge is 0.492 e. The van der Waals surface area contributed by atoms with Crippen LogP contribution in [-0.2, 0) is 16.1 Å². The Morgan fingerprint density at radius 1 is 1.28 bits per heavy atom. The molecular formula is C22H36N4O3. The number of likely N-dealkylation sites (N-methyl/N-ethyl adjacent to an activating group) is 1. The van der Waals surface area contributed by atoms with Crippen molar-refractivity contribution in [2.75, 3.05) is 53.5 Å². The lowest BCUT2D eigenvalue weighted by Gasteiger charge is -2.33. The molecule has 1 saturated heterocycles. The molecule has 1 aliphatic heterocycles. The van der Waals surface area contributed by atoms with Crippen LogP contribution in [0.4, 0.5) is 0 Å². The van der Waals surface area contributed by atoms with Crippen LogP contribution in [0.25, 0.3) is 0 Å². The molecule has 7 heteroatoms. The number of carbonyl (C=O) groups excluding carboxylic acids is 1. The Morgan fingerprint density at radius 2 is 2.03 bits per heavy atom. The van der Waals surface area contributed by atoms with Crippen LogP contribution in [0, 0.1) is 5.92 Å². The molecular weight excluding hydrogens is 368 g/mol. The molecule has 0 saturated carbocycles. The number of hydrogen-bond acceptors (Lipinski definition) is 5. The normalized spacial score (nSPS) is 15.5. The molecule has 0 unspecified atom stereocenters. The molecule has 1 N–H and O–H groups in total. The molecule has 7 nitrogen and oxygen atoms in total. The Labute approximate surface area is 175 Å². The summed E-state index contributed by atoms with van der Waals surface area (Å²) in [6, 6.07) is 8.11. The van der Waals surface area contributed by atoms with E-state index < -0.39 is 0 Å². The fourth-order valence-corrected chi connectivity index (χ4v) is 3.26. The first-order valence-electron chi connectivity index (χ1n) is 10.6. The summed E-state index contributed by atoms with van der Waals surface area (Å²) in [6.45, 7) is 8.93. The number of likely N-dealkylation sites (tertiary alicyclic amines) is 1. The van der Waals surface area contributed by atoms with Gasteiger partial charge >= 0.3 is 5.97 Å². The van der Waals surface area contributed by atoms with Crippen LogP contribution in [0.15, 0.2) is 29.3 Å². The molecule has 1 aromatic carbocycles. The van der Waals surface area contributed by atoms with Crippen molar-refractivity contribution in [3.8, 4) is 5.75 Å². The predicted molar refractivity (Wildman–Crippen MR) is 116 cm³/mol. The Morgan fingerprint density at radius 3 is 2.69 bits per heavy atom. The van der Waals surface area contributed by atoms with Gasteiger partial charge in [0.15, 0.2) is 5.96 Å². The van der Waals surface area contributed by atoms with E-state index in [0.29, 0.717) is 19.8 Å². The second kappa shape index (κ2) is 12.3. The van der Waals surface area contributed by atoms with E-state index in [2.05, 4.69) is 34.2 Å². The minimum absolute atomic E-state index is 0.00470. The van der Waals surface area contributed by atoms with E-state index in [-0.39, 0.29) is 11.9 Å². The molecule has 162 valence electrons. The van der Waals surface area contributed by atoms with Crippen molar-refractivity contribution in [1.82, 2.24) is 15.1 Å². The van der Waals surface area contributed by atoms with Crippen molar-refractivity contribution in [1.29, 1.82) is 0 Å². The summed E-state index contributed by atoms with van der Waals surface area (Å²) in [5.74, 6) is 1.71. The smallest absolute Gasteiger partial charge is 0.309 e. The number of carbonyl (C=O) groups is 1. The van der Waals surface area contributed by atoms with Gasteiger partial charge in [0.25, 0.3) is 0 Å². The molecule has 0 aromatic heterocycles. The third kappa shape index (κ3) is 7.93. The number of rotatable bonds is 9. The monoisotopic (exact) mass is 404 g/mol. The van der Waals surface area contributed by atoms with Crippen molar-refractivity contribution in [3.05, 3.63) is 29.8 Å². The number of nitrogens with one attached hydrogen (secondary N) is 1. The molecule has 29 heavy (non-hydrogen) atoms. The third-order valence-electron chi connectivity index (χ3n) is 4.87. The molecule has 0 atom stereocenters. The molecule has 1 aliphatic rings. The van der Waals surface area contributed by atoms with Gasteiger partial charge in [0.1, 0.15) is 12.4 Å². The van der Waals surface area contributed by atoms with Crippen LogP contribution in [-0.4, -0.2) is 75.2 Å². The average Bonchev–Trinajstić information content (AvgIpc) is 2.71. The molecule has 0 bridgehead atoms. The van der Waals surface area contributed by atoms with Crippen molar-refractivity contribution in [2.45, 2.75) is 33.2 Å². The van der Waals surface area contributed by atoms with E-state index >= 15 is 0 Å². The maximum absolute atomic E-state index is 12.0. The van der Waals surface area contributed by atoms with Gasteiger partial charge in [-0.05, 0) is 58.5 Å². The van der Waals surface area contributed by atoms with Crippen LogP contribution in [0.1, 0.15) is 32.3 Å². The van der Waals surface area contributed by atoms with Gasteiger partial charge in [-0.25, -0.2) is 4.99 Å². The zero-order valence-corrected chi connectivity index (χ0v) is 18.3. The number of aliphatic imine (C=N–C) groups is 1. The molecule has 0 radical (unpaired) electrons. The van der Waals surface area contributed by atoms with Gasteiger partial charge in [0.2, 0.25) is 0 Å². The predicted octanol–water partition coefficient (Wildman–Crippen LogP) is 2.37. The fraction of sp³-hybridized carbons (Fsp3) is 0.636. The zero-order chi connectivity index (χ0) is 21.1. The number of guanidine groups is 1. The average molecular weight is 405 g/mol. The second-order valence-electron chi connectivity index (χ2n) is 7.48. The molecule has 2 rings (SSSR count). The van der Waals surface area contributed by atoms with Gasteiger partial charge in [-0.15, -0.1) is 0 Å². The van der Waals surface area contributed by atoms with Gasteiger partial charge in [0, 0.05) is 26.2 Å². The zero-order valence-electron chi connectivity index (χ0n) is 18.3. The Hall–Kier alpha value is -2.28. The first kappa shape index (κ1) is 23.0. The lowest BCUT2D eigenvalue weighted by atomic mass is 9.97. The van der Waals surface area contributed by atoms with Gasteiger partial charge in [-0.1, -0.05) is 12.1 Å². The molecule has 0 amide bonds. The third-order valence-corrected chi connectivity index (χ3v) is 4.87. The summed E-state index contributed by atoms with van der Waals surface area (Å²) >= 11 is 0. The topological polar surface area (TPSA) is 66.4 Å². The number of ether oxygens (including phenoxy) is 2. The maximum Gasteiger partial charge on any atom is 0.309 e. The van der Waals surface area contributed by atoms with Crippen LogP contribution < -0.4 is 10.1 Å². The van der Waals surface area contributed by atoms with Crippen molar-refractivity contribution in [2.24, 2.45) is 10.9 Å². The summed E-state index contributed by atoms with van der Waals surface area (Å²) in [6.07, 6.45) is 1.61. The molecule has 1 fully saturated rings. The molecule has 1 aromatic rings. The molecule has 1 heterocycles. The van der Waals surface area contributed by atoms with Crippen molar-refractivity contribution in [3.63, 3.8) is 0 Å². The minimum Gasteiger partial charge on any atom is -0.492 e. The van der Waals surface area contributed by atoms with E-state index in [1.54, 1.807) is 0 Å². The minimum atomic E-state index is -0.0693. The molecule has 0 aliphatic carbocycles. The summed E-state index contributed by atoms with van der Waals surface area (Å²) in [4.78, 5) is 21.1. The Balaban J connectivity index is 1.93. The number of piperidine rings is 1. The summed E-state index contributed by atoms with van der Waals surface area (Å²) in [7, 11) is 4.07. The summed E-state index contributed by atoms with van der Waals surface area (Å²) in [5, 5.41) is 3.38. The first-order chi connectivity index (χ1) is 14.0. The van der Waals surface area contributed by atoms with Crippen LogP contribution in [0.5, 0.6) is 5.75 Å². The SMILES string of the molecule is CCNC(=NCc1cccc(OCCN(C)C)c1)N1CCC(C(=O)OCC)CC1. The summed E-state index contributed by atoms with van der Waals surface area (Å²) < 4.78 is 11.0. The van der Waals surface area contributed by atoms with Crippen LogP contribution >= 0.6 is 0 Å². The van der Waals surface area contributed by atoms with E-state index in [1.165, 1.54) is 0 Å². The van der Waals surface area contributed by atoms with E-state index in [0.717, 1.165) is 56.3 Å². The summed E-state index contributed by atoms with van der Waals surface area (Å²) in [5.41, 5.74) is 1.11. The number of benzene rings is 1. The quantitative estimate of drug-likeness (QED) is 0.387. The van der Waals surface area contributed by atoms with Crippen molar-refractivity contribution >= 4 is 11.9 Å². The lowest BCUT2D eigenvalue weighted by Crippen LogP contribution is -2.46. The van der Waals surface area contributed by atoms with E-state index in [9.17, 15) is 4.79 Å². The second-order valence-corrected chi connectivity index (χ2v) is 7.48. The lowest BCUT2D eigenvalue weighted by molar-refractivity contribution is -0.149. The van der Waals surface area contributed by atoms with Gasteiger partial charge in [0.05, 0.1) is 19.1 Å². The van der Waals surface area contributed by atoms with Gasteiger partial charge < -0.3 is 24.6 Å². The number of esters is 1. The first-order valence-corrected chi connectivity index (χ1v) is 10.6. The van der Waals surface area contributed by atoms with Gasteiger partial charge in [-0.2, -0.15) is 0 Å². The Bertz CT molecular complexity index is 655. The van der Waals surface area contributed by atoms with Crippen LogP contribution in [0.2, 0.25) is 0 Å². The van der Waals surface area contributed by atoms with Crippen molar-refractivity contribution < 1.29 is 14.3 Å². The molecule has 0 spiro atoms. The highest BCUT2D eigenvalue weighted by Gasteiger charge is 2.27. The van der Waals surface area contributed by atoms with Gasteiger partial charge in [-0.3, -0.25) is 4.79 Å². The van der Waals surface area contributed by atoms with Crippen LogP contribution in [0.3, 0.4) is 0 Å². The van der Waals surface area contributed by atoms with E-state index in [4.69, 9.17) is 14.5 Å². The fourth-order valence-electron chi connectivity index (χ4n) is 3.26. The number of nitrogens with zero attached hydrogens (tertiary/aromatic N) is 3.